The molecular formula is C54H104NO8P. The maximum Gasteiger partial charge on any atom is 0.306 e. The summed E-state index contributed by atoms with van der Waals surface area (Å²) in [6, 6.07) is 0. The summed E-state index contributed by atoms with van der Waals surface area (Å²) in [6.07, 6.45) is 53.5. The number of esters is 2. The Labute approximate surface area is 396 Å². The van der Waals surface area contributed by atoms with Crippen LogP contribution in [0.1, 0.15) is 258 Å². The van der Waals surface area contributed by atoms with Crippen molar-refractivity contribution in [1.82, 2.24) is 0 Å². The predicted molar refractivity (Wildman–Crippen MR) is 268 cm³/mol. The number of unbranched alkanes of at least 4 members (excludes halogenated alkanes) is 32. The standard InChI is InChI=1S/C54H104NO8P/c1-6-8-10-12-14-16-18-20-22-24-26-28-30-32-34-36-38-40-42-44-46-53(56)60-50-52(51-62-64(58,59)61-49-48-55(3,4)5)63-54(57)47-45-43-41-39-37-35-33-31-29-27-25-23-21-19-17-15-13-11-9-7-2/h20-23,52H,6-19,24-51H2,1-5H3/b22-20-,23-21-. The predicted octanol–water partition coefficient (Wildman–Crippen LogP) is 15.6. The minimum atomic E-state index is -4.63. The van der Waals surface area contributed by atoms with Crippen molar-refractivity contribution in [2.45, 2.75) is 264 Å². The topological polar surface area (TPSA) is 111 Å². The second-order valence-electron chi connectivity index (χ2n) is 19.6. The zero-order valence-electron chi connectivity index (χ0n) is 42.7. The first-order valence-electron chi connectivity index (χ1n) is 27.0. The largest absolute Gasteiger partial charge is 0.756 e. The molecule has 378 valence electrons. The summed E-state index contributed by atoms with van der Waals surface area (Å²) in [5, 5.41) is 0. The highest BCUT2D eigenvalue weighted by molar-refractivity contribution is 7.45. The average Bonchev–Trinajstić information content (AvgIpc) is 3.25. The molecule has 9 nitrogen and oxygen atoms in total. The van der Waals surface area contributed by atoms with E-state index in [-0.39, 0.29) is 32.0 Å². The molecule has 0 aromatic rings. The molecule has 0 fully saturated rings. The number of carbonyl (C=O) groups is 2. The van der Waals surface area contributed by atoms with Crippen LogP contribution >= 0.6 is 7.82 Å². The third-order valence-electron chi connectivity index (χ3n) is 11.9. The molecule has 0 aromatic carbocycles. The monoisotopic (exact) mass is 926 g/mol. The summed E-state index contributed by atoms with van der Waals surface area (Å²) in [4.78, 5) is 37.8. The minimum Gasteiger partial charge on any atom is -0.756 e. The van der Waals surface area contributed by atoms with Crippen LogP contribution < -0.4 is 4.89 Å². The number of rotatable bonds is 50. The van der Waals surface area contributed by atoms with Crippen LogP contribution in [0.25, 0.3) is 0 Å². The number of hydrogen-bond acceptors (Lipinski definition) is 8. The van der Waals surface area contributed by atoms with Gasteiger partial charge in [0, 0.05) is 12.8 Å². The summed E-state index contributed by atoms with van der Waals surface area (Å²) in [5.74, 6) is -0.825. The van der Waals surface area contributed by atoms with E-state index in [0.29, 0.717) is 17.4 Å². The maximum absolute atomic E-state index is 12.8. The molecule has 0 saturated heterocycles. The molecule has 0 aliphatic carbocycles. The highest BCUT2D eigenvalue weighted by Crippen LogP contribution is 2.38. The molecular weight excluding hydrogens is 822 g/mol. The van der Waals surface area contributed by atoms with Crippen molar-refractivity contribution in [3.8, 4) is 0 Å². The molecule has 0 rings (SSSR count). The first-order valence-corrected chi connectivity index (χ1v) is 28.5. The van der Waals surface area contributed by atoms with Crippen LogP contribution in [0.5, 0.6) is 0 Å². The third-order valence-corrected chi connectivity index (χ3v) is 12.9. The highest BCUT2D eigenvalue weighted by atomic mass is 31.2. The van der Waals surface area contributed by atoms with Gasteiger partial charge in [0.15, 0.2) is 6.10 Å². The lowest BCUT2D eigenvalue weighted by Crippen LogP contribution is -2.37. The number of likely N-dealkylation sites (N-methyl/N-ethyl adjacent to an activating group) is 1. The quantitative estimate of drug-likeness (QED) is 0.0195. The van der Waals surface area contributed by atoms with Gasteiger partial charge in [0.2, 0.25) is 0 Å². The van der Waals surface area contributed by atoms with Crippen LogP contribution in [0.4, 0.5) is 0 Å². The Kier molecular flexibility index (Phi) is 45.5. The van der Waals surface area contributed by atoms with Gasteiger partial charge in [-0.25, -0.2) is 0 Å². The van der Waals surface area contributed by atoms with E-state index in [9.17, 15) is 19.0 Å². The summed E-state index contributed by atoms with van der Waals surface area (Å²) in [5.41, 5.74) is 0. The van der Waals surface area contributed by atoms with Gasteiger partial charge in [0.05, 0.1) is 27.7 Å². The normalized spacial score (nSPS) is 13.5. The molecule has 0 aromatic heterocycles. The number of allylic oxidation sites excluding steroid dienone is 4. The molecule has 64 heavy (non-hydrogen) atoms. The fourth-order valence-corrected chi connectivity index (χ4v) is 8.43. The molecule has 0 amide bonds. The second-order valence-corrected chi connectivity index (χ2v) is 21.0. The van der Waals surface area contributed by atoms with Crippen molar-refractivity contribution in [1.29, 1.82) is 0 Å². The van der Waals surface area contributed by atoms with Crippen molar-refractivity contribution in [2.24, 2.45) is 0 Å². The summed E-state index contributed by atoms with van der Waals surface area (Å²) in [6.45, 7) is 4.26. The highest BCUT2D eigenvalue weighted by Gasteiger charge is 2.21. The van der Waals surface area contributed by atoms with Gasteiger partial charge in [-0.05, 0) is 64.2 Å². The SMILES string of the molecule is CCCCCCCC/C=C\CCCCCCCCCCCCC(=O)OCC(COP(=O)([O-])OCC[N+](C)(C)C)OC(=O)CCCCCCCCCCCC/C=C\CCCCCCCC. The van der Waals surface area contributed by atoms with Crippen LogP contribution in [-0.4, -0.2) is 70.0 Å². The van der Waals surface area contributed by atoms with Gasteiger partial charge >= 0.3 is 11.9 Å². The van der Waals surface area contributed by atoms with E-state index < -0.39 is 26.5 Å². The number of carbonyl (C=O) groups excluding carboxylic acids is 2. The Morgan fingerprint density at radius 3 is 1.16 bits per heavy atom. The van der Waals surface area contributed by atoms with Crippen LogP contribution in [0.2, 0.25) is 0 Å². The summed E-state index contributed by atoms with van der Waals surface area (Å²) in [7, 11) is 1.17. The lowest BCUT2D eigenvalue weighted by atomic mass is 10.0. The van der Waals surface area contributed by atoms with E-state index in [0.717, 1.165) is 38.5 Å². The van der Waals surface area contributed by atoms with Gasteiger partial charge in [0.25, 0.3) is 7.82 Å². The fraction of sp³-hybridized carbons (Fsp3) is 0.889. The Morgan fingerprint density at radius 1 is 0.469 bits per heavy atom. The molecule has 0 N–H and O–H groups in total. The van der Waals surface area contributed by atoms with Crippen LogP contribution in [0, 0.1) is 0 Å². The Hall–Kier alpha value is -1.51. The molecule has 0 spiro atoms. The van der Waals surface area contributed by atoms with Crippen molar-refractivity contribution < 1.29 is 42.1 Å². The smallest absolute Gasteiger partial charge is 0.306 e. The molecule has 10 heteroatoms. The summed E-state index contributed by atoms with van der Waals surface area (Å²) >= 11 is 0. The number of ether oxygens (including phenoxy) is 2. The summed E-state index contributed by atoms with van der Waals surface area (Å²) < 4.78 is 34.1. The van der Waals surface area contributed by atoms with E-state index in [1.807, 2.05) is 21.1 Å². The number of phosphoric acid groups is 1. The van der Waals surface area contributed by atoms with Gasteiger partial charge < -0.3 is 27.9 Å². The number of quaternary nitrogens is 1. The fourth-order valence-electron chi connectivity index (χ4n) is 7.71. The van der Waals surface area contributed by atoms with Crippen molar-refractivity contribution in [3.63, 3.8) is 0 Å². The second kappa shape index (κ2) is 46.6. The minimum absolute atomic E-state index is 0.0293. The van der Waals surface area contributed by atoms with E-state index in [2.05, 4.69) is 38.2 Å². The van der Waals surface area contributed by atoms with Gasteiger partial charge in [-0.3, -0.25) is 14.2 Å². The van der Waals surface area contributed by atoms with Crippen molar-refractivity contribution in [3.05, 3.63) is 24.3 Å². The molecule has 0 saturated carbocycles. The zero-order chi connectivity index (χ0) is 47.1. The first-order chi connectivity index (χ1) is 31.0. The average molecular weight is 926 g/mol. The van der Waals surface area contributed by atoms with E-state index in [1.54, 1.807) is 0 Å². The molecule has 0 aliphatic heterocycles. The Balaban J connectivity index is 4.20. The molecule has 2 unspecified atom stereocenters. The van der Waals surface area contributed by atoms with Crippen LogP contribution in [0.15, 0.2) is 24.3 Å². The van der Waals surface area contributed by atoms with Crippen molar-refractivity contribution in [2.75, 3.05) is 47.5 Å². The maximum atomic E-state index is 12.8. The number of hydrogen-bond donors (Lipinski definition) is 0. The molecule has 2 atom stereocenters. The number of phosphoric ester groups is 1. The van der Waals surface area contributed by atoms with Crippen LogP contribution in [-0.2, 0) is 32.7 Å². The van der Waals surface area contributed by atoms with Crippen LogP contribution in [0.3, 0.4) is 0 Å². The van der Waals surface area contributed by atoms with E-state index >= 15 is 0 Å². The molecule has 0 aliphatic rings. The number of nitrogens with zero attached hydrogens (tertiary/aromatic N) is 1. The van der Waals surface area contributed by atoms with Gasteiger partial charge in [-0.15, -0.1) is 0 Å². The van der Waals surface area contributed by atoms with E-state index in [4.69, 9.17) is 18.5 Å². The van der Waals surface area contributed by atoms with E-state index in [1.165, 1.54) is 186 Å². The van der Waals surface area contributed by atoms with Gasteiger partial charge in [0.1, 0.15) is 19.8 Å². The lowest BCUT2D eigenvalue weighted by Gasteiger charge is -2.28. The molecule has 0 radical (unpaired) electrons. The third kappa shape index (κ3) is 49.9. The first kappa shape index (κ1) is 62.5. The van der Waals surface area contributed by atoms with Crippen molar-refractivity contribution >= 4 is 19.8 Å². The zero-order valence-corrected chi connectivity index (χ0v) is 43.6. The molecule has 0 bridgehead atoms. The van der Waals surface area contributed by atoms with Gasteiger partial charge in [-0.2, -0.15) is 0 Å². The molecule has 0 heterocycles. The lowest BCUT2D eigenvalue weighted by molar-refractivity contribution is -0.870. The van der Waals surface area contributed by atoms with Gasteiger partial charge in [-0.1, -0.05) is 205 Å². The Bertz CT molecular complexity index is 1140. The Morgan fingerprint density at radius 2 is 0.797 bits per heavy atom.